The molecule has 0 spiro atoms. The summed E-state index contributed by atoms with van der Waals surface area (Å²) in [6.45, 7) is 10.2. The average Bonchev–Trinajstić information content (AvgIpc) is 2.99. The zero-order valence-electron chi connectivity index (χ0n) is 17.0. The third-order valence-electron chi connectivity index (χ3n) is 3.76. The van der Waals surface area contributed by atoms with Crippen LogP contribution in [0.2, 0.25) is 0 Å². The maximum absolute atomic E-state index is 4.69. The third-order valence-corrected chi connectivity index (χ3v) is 5.13. The summed E-state index contributed by atoms with van der Waals surface area (Å²) in [6.07, 6.45) is 8.54. The Morgan fingerprint density at radius 1 is 1.15 bits per heavy atom. The Morgan fingerprint density at radius 3 is 2.62 bits per heavy atom. The van der Waals surface area contributed by atoms with Crippen molar-refractivity contribution in [3.8, 4) is 0 Å². The van der Waals surface area contributed by atoms with Crippen LogP contribution in [0.15, 0.2) is 10.1 Å². The lowest BCUT2D eigenvalue weighted by Crippen LogP contribution is -2.37. The van der Waals surface area contributed by atoms with E-state index in [2.05, 4.69) is 58.7 Å². The fraction of sp³-hybridized carbons (Fsp3) is 0.833. The van der Waals surface area contributed by atoms with Crippen LogP contribution in [0.4, 0.5) is 0 Å². The molecule has 0 fully saturated rings. The van der Waals surface area contributed by atoms with Gasteiger partial charge in [-0.3, -0.25) is 4.99 Å². The van der Waals surface area contributed by atoms with Crippen LogP contribution in [0.5, 0.6) is 0 Å². The van der Waals surface area contributed by atoms with Gasteiger partial charge in [-0.05, 0) is 50.4 Å². The number of rotatable bonds is 13. The fourth-order valence-electron chi connectivity index (χ4n) is 2.55. The second-order valence-corrected chi connectivity index (χ2v) is 8.36. The van der Waals surface area contributed by atoms with Crippen molar-refractivity contribution in [2.45, 2.75) is 58.2 Å². The quantitative estimate of drug-likeness (QED) is 0.229. The van der Waals surface area contributed by atoms with Crippen LogP contribution < -0.4 is 10.6 Å². The van der Waals surface area contributed by atoms with E-state index in [4.69, 9.17) is 4.99 Å². The molecule has 0 unspecified atom stereocenters. The van der Waals surface area contributed by atoms with E-state index < -0.39 is 0 Å². The Bertz CT molecular complexity index is 516. The van der Waals surface area contributed by atoms with Gasteiger partial charge in [-0.2, -0.15) is 11.8 Å². The second-order valence-electron chi connectivity index (χ2n) is 6.60. The Balaban J connectivity index is 2.46. The molecule has 0 aliphatic carbocycles. The molecule has 1 aromatic heterocycles. The summed E-state index contributed by atoms with van der Waals surface area (Å²) < 4.78 is 2.26. The van der Waals surface area contributed by atoms with Crippen molar-refractivity contribution in [1.29, 1.82) is 0 Å². The SMILES string of the molecule is CCNC(=NCCCc1nnc(SC)n1CC(C)C)NCCCCSC. The number of aliphatic imine (C=N–C) groups is 1. The van der Waals surface area contributed by atoms with Gasteiger partial charge in [0.15, 0.2) is 11.1 Å². The number of guanidine groups is 1. The number of nitrogens with one attached hydrogen (secondary N) is 2. The summed E-state index contributed by atoms with van der Waals surface area (Å²) in [7, 11) is 0. The number of thioether (sulfide) groups is 2. The minimum atomic E-state index is 0.587. The molecule has 0 bridgehead atoms. The van der Waals surface area contributed by atoms with Crippen molar-refractivity contribution in [1.82, 2.24) is 25.4 Å². The minimum absolute atomic E-state index is 0.587. The van der Waals surface area contributed by atoms with E-state index in [0.717, 1.165) is 56.0 Å². The van der Waals surface area contributed by atoms with E-state index in [1.807, 2.05) is 11.8 Å². The molecule has 8 heteroatoms. The molecular weight excluding hydrogens is 364 g/mol. The van der Waals surface area contributed by atoms with E-state index >= 15 is 0 Å². The monoisotopic (exact) mass is 400 g/mol. The lowest BCUT2D eigenvalue weighted by atomic mass is 10.2. The molecule has 0 amide bonds. The first-order valence-corrected chi connectivity index (χ1v) is 12.2. The predicted octanol–water partition coefficient (Wildman–Crippen LogP) is 3.29. The van der Waals surface area contributed by atoms with Gasteiger partial charge in [-0.25, -0.2) is 0 Å². The van der Waals surface area contributed by atoms with Crippen LogP contribution in [0.1, 0.15) is 45.9 Å². The normalized spacial score (nSPS) is 12.0. The standard InChI is InChI=1S/C18H36N6S2/c1-6-19-17(20-11-7-8-13-25-4)21-12-9-10-16-22-23-18(26-5)24(16)14-15(2)3/h15H,6-14H2,1-5H3,(H2,19,20,21). The molecule has 1 heterocycles. The van der Waals surface area contributed by atoms with Crippen molar-refractivity contribution in [3.63, 3.8) is 0 Å². The molecule has 1 rings (SSSR count). The largest absolute Gasteiger partial charge is 0.357 e. The van der Waals surface area contributed by atoms with E-state index in [1.54, 1.807) is 11.8 Å². The molecule has 150 valence electrons. The molecule has 0 saturated carbocycles. The molecule has 0 atom stereocenters. The predicted molar refractivity (Wildman–Crippen MR) is 117 cm³/mol. The van der Waals surface area contributed by atoms with Crippen molar-refractivity contribution in [3.05, 3.63) is 5.82 Å². The average molecular weight is 401 g/mol. The smallest absolute Gasteiger partial charge is 0.191 e. The Morgan fingerprint density at radius 2 is 1.96 bits per heavy atom. The Kier molecular flexibility index (Phi) is 12.6. The van der Waals surface area contributed by atoms with Gasteiger partial charge in [-0.15, -0.1) is 10.2 Å². The molecule has 0 aromatic carbocycles. The number of hydrogen-bond acceptors (Lipinski definition) is 5. The van der Waals surface area contributed by atoms with E-state index in [0.29, 0.717) is 5.92 Å². The first-order chi connectivity index (χ1) is 12.6. The van der Waals surface area contributed by atoms with Crippen LogP contribution in [0, 0.1) is 5.92 Å². The van der Waals surface area contributed by atoms with E-state index in [-0.39, 0.29) is 0 Å². The highest BCUT2D eigenvalue weighted by Crippen LogP contribution is 2.16. The Hall–Kier alpha value is -0.890. The van der Waals surface area contributed by atoms with Crippen LogP contribution in [-0.4, -0.2) is 58.6 Å². The van der Waals surface area contributed by atoms with Gasteiger partial charge in [0, 0.05) is 32.6 Å². The number of nitrogens with zero attached hydrogens (tertiary/aromatic N) is 4. The second kappa shape index (κ2) is 14.2. The van der Waals surface area contributed by atoms with E-state index in [1.165, 1.54) is 18.6 Å². The minimum Gasteiger partial charge on any atom is -0.357 e. The first kappa shape index (κ1) is 23.1. The van der Waals surface area contributed by atoms with Gasteiger partial charge < -0.3 is 15.2 Å². The lowest BCUT2D eigenvalue weighted by Gasteiger charge is -2.12. The van der Waals surface area contributed by atoms with Crippen molar-refractivity contribution in [2.75, 3.05) is 37.9 Å². The Labute approximate surface area is 167 Å². The highest BCUT2D eigenvalue weighted by atomic mass is 32.2. The number of hydrogen-bond donors (Lipinski definition) is 2. The van der Waals surface area contributed by atoms with Crippen molar-refractivity contribution < 1.29 is 0 Å². The molecule has 0 aliphatic rings. The number of unbranched alkanes of at least 4 members (excludes halogenated alkanes) is 1. The molecule has 0 radical (unpaired) electrons. The molecule has 2 N–H and O–H groups in total. The van der Waals surface area contributed by atoms with Crippen LogP contribution >= 0.6 is 23.5 Å². The molecule has 1 aromatic rings. The summed E-state index contributed by atoms with van der Waals surface area (Å²) >= 11 is 3.57. The van der Waals surface area contributed by atoms with Crippen LogP contribution in [-0.2, 0) is 13.0 Å². The maximum Gasteiger partial charge on any atom is 0.191 e. The number of aryl methyl sites for hydroxylation is 1. The zero-order valence-corrected chi connectivity index (χ0v) is 18.7. The van der Waals surface area contributed by atoms with Gasteiger partial charge in [0.05, 0.1) is 0 Å². The van der Waals surface area contributed by atoms with Gasteiger partial charge in [0.1, 0.15) is 5.82 Å². The molecular formula is C18H36N6S2. The summed E-state index contributed by atoms with van der Waals surface area (Å²) in [6, 6.07) is 0. The van der Waals surface area contributed by atoms with Crippen molar-refractivity contribution >= 4 is 29.5 Å². The highest BCUT2D eigenvalue weighted by Gasteiger charge is 2.12. The zero-order chi connectivity index (χ0) is 19.2. The van der Waals surface area contributed by atoms with Crippen LogP contribution in [0.3, 0.4) is 0 Å². The summed E-state index contributed by atoms with van der Waals surface area (Å²) in [5, 5.41) is 16.4. The first-order valence-electron chi connectivity index (χ1n) is 9.59. The van der Waals surface area contributed by atoms with Crippen molar-refractivity contribution in [2.24, 2.45) is 10.9 Å². The van der Waals surface area contributed by atoms with Crippen LogP contribution in [0.25, 0.3) is 0 Å². The maximum atomic E-state index is 4.69. The topological polar surface area (TPSA) is 67.1 Å². The van der Waals surface area contributed by atoms with Gasteiger partial charge in [0.25, 0.3) is 0 Å². The van der Waals surface area contributed by atoms with E-state index in [9.17, 15) is 0 Å². The molecule has 0 saturated heterocycles. The highest BCUT2D eigenvalue weighted by molar-refractivity contribution is 7.98. The molecule has 0 aliphatic heterocycles. The molecule has 26 heavy (non-hydrogen) atoms. The lowest BCUT2D eigenvalue weighted by molar-refractivity contribution is 0.477. The summed E-state index contributed by atoms with van der Waals surface area (Å²) in [4.78, 5) is 4.69. The summed E-state index contributed by atoms with van der Waals surface area (Å²) in [5.41, 5.74) is 0. The number of aromatic nitrogens is 3. The van der Waals surface area contributed by atoms with Gasteiger partial charge in [-0.1, -0.05) is 25.6 Å². The summed E-state index contributed by atoms with van der Waals surface area (Å²) in [5.74, 6) is 3.81. The van der Waals surface area contributed by atoms with Gasteiger partial charge >= 0.3 is 0 Å². The third kappa shape index (κ3) is 9.16. The van der Waals surface area contributed by atoms with Gasteiger partial charge in [0.2, 0.25) is 0 Å². The fourth-order valence-corrected chi connectivity index (χ4v) is 3.57. The molecule has 6 nitrogen and oxygen atoms in total.